The number of halogens is 3. The van der Waals surface area contributed by atoms with Gasteiger partial charge in [0.25, 0.3) is 5.91 Å². The smallest absolute Gasteiger partial charge is 0.355 e. The number of rotatable bonds is 3. The van der Waals surface area contributed by atoms with Crippen molar-refractivity contribution in [2.24, 2.45) is 5.73 Å². The predicted octanol–water partition coefficient (Wildman–Crippen LogP) is 4.27. The fourth-order valence-corrected chi connectivity index (χ4v) is 5.20. The fraction of sp³-hybridized carbons (Fsp3) is 0.480. The van der Waals surface area contributed by atoms with Crippen molar-refractivity contribution < 1.29 is 18.0 Å². The van der Waals surface area contributed by atoms with E-state index >= 15 is 0 Å². The van der Waals surface area contributed by atoms with E-state index in [0.717, 1.165) is 49.8 Å². The molecule has 35 heavy (non-hydrogen) atoms. The van der Waals surface area contributed by atoms with Gasteiger partial charge in [0.2, 0.25) is 0 Å². The highest BCUT2D eigenvalue weighted by Gasteiger charge is 2.38. The molecule has 0 aliphatic carbocycles. The third kappa shape index (κ3) is 4.47. The molecule has 1 aromatic carbocycles. The minimum atomic E-state index is -4.61. The van der Waals surface area contributed by atoms with Gasteiger partial charge < -0.3 is 15.5 Å². The summed E-state index contributed by atoms with van der Waals surface area (Å²) in [6.07, 6.45) is 0.445. The molecule has 4 heterocycles. The molecule has 2 atom stereocenters. The van der Waals surface area contributed by atoms with E-state index in [1.54, 1.807) is 16.3 Å². The summed E-state index contributed by atoms with van der Waals surface area (Å²) in [6.45, 7) is 5.63. The summed E-state index contributed by atoms with van der Waals surface area (Å²) in [6, 6.07) is 5.26. The van der Waals surface area contributed by atoms with E-state index in [1.807, 2.05) is 19.2 Å². The number of carbonyl (C=O) groups excluding carboxylic acids is 1. The molecule has 2 aliphatic rings. The number of alkyl halides is 3. The van der Waals surface area contributed by atoms with E-state index in [1.165, 1.54) is 12.1 Å². The number of aromatic nitrogens is 3. The van der Waals surface area contributed by atoms with E-state index in [9.17, 15) is 18.0 Å². The topological polar surface area (TPSA) is 79.8 Å². The monoisotopic (exact) mass is 486 g/mol. The van der Waals surface area contributed by atoms with Crippen LogP contribution >= 0.6 is 0 Å². The number of carbonyl (C=O) groups is 1. The van der Waals surface area contributed by atoms with Crippen LogP contribution in [0.1, 0.15) is 64.5 Å². The van der Waals surface area contributed by atoms with E-state index in [2.05, 4.69) is 10.00 Å². The van der Waals surface area contributed by atoms with Crippen LogP contribution in [0.4, 0.5) is 19.0 Å². The number of aryl methyl sites for hydroxylation is 2. The van der Waals surface area contributed by atoms with E-state index in [4.69, 9.17) is 10.7 Å². The first-order valence-electron chi connectivity index (χ1n) is 12.0. The SMILES string of the molecule is Cc1ccc(C(F)(F)F)c(C(=O)N2CCCCC2c2cc3nc(N4CC[C@H](N)C4)c(C)cn3n2)c1. The zero-order chi connectivity index (χ0) is 24.9. The maximum atomic E-state index is 13.7. The number of fused-ring (bicyclic) bond motifs is 1. The largest absolute Gasteiger partial charge is 0.417 e. The number of amides is 1. The standard InChI is InChI=1S/C25H29F3N6O/c1-15-6-7-19(25(26,27)28)18(11-15)24(35)33-9-4-3-5-21(33)20-12-22-30-23(16(2)13-34(22)31-20)32-10-8-17(29)14-32/h6-7,11-13,17,21H,3-5,8-10,14,29H2,1-2H3/t17-,21?/m0/s1. The van der Waals surface area contributed by atoms with E-state index < -0.39 is 23.7 Å². The normalized spacial score (nSPS) is 21.2. The van der Waals surface area contributed by atoms with Crippen molar-refractivity contribution in [3.05, 3.63) is 58.4 Å². The molecular formula is C25H29F3N6O. The number of likely N-dealkylation sites (tertiary alicyclic amines) is 1. The number of anilines is 1. The zero-order valence-electron chi connectivity index (χ0n) is 19.8. The summed E-state index contributed by atoms with van der Waals surface area (Å²) in [4.78, 5) is 22.0. The molecule has 10 heteroatoms. The lowest BCUT2D eigenvalue weighted by molar-refractivity contribution is -0.138. The number of nitrogens with two attached hydrogens (primary N) is 1. The maximum Gasteiger partial charge on any atom is 0.417 e. The van der Waals surface area contributed by atoms with Crippen LogP contribution in [0.3, 0.4) is 0 Å². The lowest BCUT2D eigenvalue weighted by Crippen LogP contribution is -2.39. The van der Waals surface area contributed by atoms with Crippen LogP contribution in [-0.2, 0) is 6.18 Å². The second-order valence-corrected chi connectivity index (χ2v) is 9.67. The summed E-state index contributed by atoms with van der Waals surface area (Å²) in [5, 5.41) is 4.69. The predicted molar refractivity (Wildman–Crippen MR) is 126 cm³/mol. The Hall–Kier alpha value is -3.14. The average Bonchev–Trinajstić information content (AvgIpc) is 3.42. The van der Waals surface area contributed by atoms with Crippen LogP contribution in [0, 0.1) is 13.8 Å². The quantitative estimate of drug-likeness (QED) is 0.598. The molecule has 3 aromatic rings. The maximum absolute atomic E-state index is 13.7. The number of piperidine rings is 1. The second-order valence-electron chi connectivity index (χ2n) is 9.67. The molecule has 5 rings (SSSR count). The van der Waals surface area contributed by atoms with Gasteiger partial charge in [-0.05, 0) is 51.7 Å². The minimum absolute atomic E-state index is 0.123. The molecule has 2 aliphatic heterocycles. The van der Waals surface area contributed by atoms with Gasteiger partial charge in [0.1, 0.15) is 5.82 Å². The fourth-order valence-electron chi connectivity index (χ4n) is 5.20. The molecule has 2 fully saturated rings. The molecule has 0 radical (unpaired) electrons. The van der Waals surface area contributed by atoms with Crippen molar-refractivity contribution in [2.45, 2.75) is 57.8 Å². The lowest BCUT2D eigenvalue weighted by atomic mass is 9.96. The van der Waals surface area contributed by atoms with Gasteiger partial charge in [0.15, 0.2) is 5.65 Å². The van der Waals surface area contributed by atoms with Gasteiger partial charge in [-0.3, -0.25) is 4.79 Å². The first kappa shape index (κ1) is 23.6. The molecule has 7 nitrogen and oxygen atoms in total. The Kier molecular flexibility index (Phi) is 5.94. The van der Waals surface area contributed by atoms with Gasteiger partial charge in [-0.25, -0.2) is 9.50 Å². The van der Waals surface area contributed by atoms with Crippen molar-refractivity contribution >= 4 is 17.4 Å². The molecular weight excluding hydrogens is 457 g/mol. The molecule has 2 saturated heterocycles. The van der Waals surface area contributed by atoms with Gasteiger partial charge in [-0.15, -0.1) is 0 Å². The van der Waals surface area contributed by atoms with Crippen molar-refractivity contribution in [3.8, 4) is 0 Å². The Labute approximate surface area is 201 Å². The highest BCUT2D eigenvalue weighted by molar-refractivity contribution is 5.96. The van der Waals surface area contributed by atoms with Gasteiger partial charge in [0, 0.05) is 43.5 Å². The Morgan fingerprint density at radius 2 is 1.91 bits per heavy atom. The summed E-state index contributed by atoms with van der Waals surface area (Å²) >= 11 is 0. The first-order valence-corrected chi connectivity index (χ1v) is 12.0. The summed E-state index contributed by atoms with van der Waals surface area (Å²) in [5.41, 5.74) is 7.71. The lowest BCUT2D eigenvalue weighted by Gasteiger charge is -2.35. The highest BCUT2D eigenvalue weighted by Crippen LogP contribution is 2.37. The van der Waals surface area contributed by atoms with Crippen molar-refractivity contribution in [2.75, 3.05) is 24.5 Å². The van der Waals surface area contributed by atoms with Gasteiger partial charge in [-0.2, -0.15) is 18.3 Å². The number of nitrogens with zero attached hydrogens (tertiary/aromatic N) is 5. The highest BCUT2D eigenvalue weighted by atomic mass is 19.4. The summed E-state index contributed by atoms with van der Waals surface area (Å²) in [5.74, 6) is 0.252. The molecule has 0 bridgehead atoms. The second kappa shape index (κ2) is 8.82. The number of hydrogen-bond donors (Lipinski definition) is 1. The molecule has 1 unspecified atom stereocenters. The average molecular weight is 487 g/mol. The number of benzene rings is 1. The summed E-state index contributed by atoms with van der Waals surface area (Å²) in [7, 11) is 0. The molecule has 186 valence electrons. The number of hydrogen-bond acceptors (Lipinski definition) is 5. The van der Waals surface area contributed by atoms with Crippen molar-refractivity contribution in [1.29, 1.82) is 0 Å². The third-order valence-corrected chi connectivity index (χ3v) is 6.96. The molecule has 0 spiro atoms. The Bertz CT molecular complexity index is 1270. The van der Waals surface area contributed by atoms with E-state index in [0.29, 0.717) is 29.9 Å². The molecule has 2 N–H and O–H groups in total. The minimum Gasteiger partial charge on any atom is -0.355 e. The van der Waals surface area contributed by atoms with Gasteiger partial charge in [-0.1, -0.05) is 11.6 Å². The molecule has 0 saturated carbocycles. The van der Waals surface area contributed by atoms with Crippen LogP contribution in [0.2, 0.25) is 0 Å². The van der Waals surface area contributed by atoms with Gasteiger partial charge in [0.05, 0.1) is 22.9 Å². The Balaban J connectivity index is 1.50. The molecule has 1 amide bonds. The Morgan fingerprint density at radius 1 is 1.11 bits per heavy atom. The van der Waals surface area contributed by atoms with Crippen molar-refractivity contribution in [3.63, 3.8) is 0 Å². The molecule has 2 aromatic heterocycles. The summed E-state index contributed by atoms with van der Waals surface area (Å²) < 4.78 is 42.8. The first-order chi connectivity index (χ1) is 16.6. The zero-order valence-corrected chi connectivity index (χ0v) is 19.8. The van der Waals surface area contributed by atoms with Crippen LogP contribution < -0.4 is 10.6 Å². The van der Waals surface area contributed by atoms with Crippen LogP contribution in [-0.4, -0.2) is 51.1 Å². The van der Waals surface area contributed by atoms with Crippen LogP contribution in [0.5, 0.6) is 0 Å². The van der Waals surface area contributed by atoms with Crippen LogP contribution in [0.25, 0.3) is 5.65 Å². The van der Waals surface area contributed by atoms with Gasteiger partial charge >= 0.3 is 6.18 Å². The van der Waals surface area contributed by atoms with Crippen LogP contribution in [0.15, 0.2) is 30.5 Å². The third-order valence-electron chi connectivity index (χ3n) is 6.96. The van der Waals surface area contributed by atoms with Crippen molar-refractivity contribution in [1.82, 2.24) is 19.5 Å². The van der Waals surface area contributed by atoms with E-state index in [-0.39, 0.29) is 11.6 Å². The Morgan fingerprint density at radius 3 is 2.63 bits per heavy atom.